The second-order valence-electron chi connectivity index (χ2n) is 8.55. The van der Waals surface area contributed by atoms with E-state index < -0.39 is 52.6 Å². The fraction of sp³-hybridized carbons (Fsp3) is 0.455. The van der Waals surface area contributed by atoms with Crippen LogP contribution in [0.5, 0.6) is 0 Å². The molecular formula is C22H22Cl2F3N3O4. The minimum atomic E-state index is -5.01. The monoisotopic (exact) mass is 519 g/mol. The average Bonchev–Trinajstić information content (AvgIpc) is 2.78. The predicted octanol–water partition coefficient (Wildman–Crippen LogP) is 4.32. The number of nitrogens with two attached hydrogens (primary N) is 1. The van der Waals surface area contributed by atoms with Gasteiger partial charge in [-0.1, -0.05) is 29.3 Å². The highest BCUT2D eigenvalue weighted by atomic mass is 35.5. The number of halogens is 5. The summed E-state index contributed by atoms with van der Waals surface area (Å²) in [5.41, 5.74) is 0.873. The summed E-state index contributed by atoms with van der Waals surface area (Å²) < 4.78 is 41.9. The Kier molecular flexibility index (Phi) is 7.33. The summed E-state index contributed by atoms with van der Waals surface area (Å²) in [4.78, 5) is 40.6. The number of hydrogen-bond acceptors (Lipinski definition) is 5. The summed E-state index contributed by atoms with van der Waals surface area (Å²) in [7, 11) is 0. The standard InChI is InChI=1S/C22H22Cl2F3N3O4/c23-13-2-1-3-14(24)16(13)15(31)11-29-18(32)12(10-28)17(22(25,26)27)30-21-7-4-20(5-8-21,6-9-21)19(33)34/h1-3,10H,4-9,11,28H2,(H,29,32)(H,33,34). The lowest BCUT2D eigenvalue weighted by Gasteiger charge is -2.49. The summed E-state index contributed by atoms with van der Waals surface area (Å²) in [6.07, 6.45) is -3.43. The molecule has 2 bridgehead atoms. The molecule has 0 radical (unpaired) electrons. The Morgan fingerprint density at radius 2 is 1.62 bits per heavy atom. The number of ketones is 1. The van der Waals surface area contributed by atoms with Crippen molar-refractivity contribution >= 4 is 46.6 Å². The fourth-order valence-corrected chi connectivity index (χ4v) is 5.15. The molecule has 34 heavy (non-hydrogen) atoms. The molecule has 4 rings (SSSR count). The van der Waals surface area contributed by atoms with Crippen molar-refractivity contribution in [3.63, 3.8) is 0 Å². The summed E-state index contributed by atoms with van der Waals surface area (Å²) in [6.45, 7) is -0.670. The van der Waals surface area contributed by atoms with Crippen molar-refractivity contribution in [3.8, 4) is 0 Å². The molecule has 0 atom stereocenters. The normalized spacial score (nSPS) is 25.2. The summed E-state index contributed by atoms with van der Waals surface area (Å²) >= 11 is 11.9. The number of benzene rings is 1. The quantitative estimate of drug-likeness (QED) is 0.281. The molecule has 0 saturated heterocycles. The first-order valence-electron chi connectivity index (χ1n) is 10.4. The smallest absolute Gasteiger partial charge is 0.433 e. The Hall–Kier alpha value is -2.59. The number of alkyl halides is 3. The number of fused-ring (bicyclic) bond motifs is 3. The van der Waals surface area contributed by atoms with Gasteiger partial charge in [-0.05, 0) is 50.7 Å². The second kappa shape index (κ2) is 9.58. The van der Waals surface area contributed by atoms with Crippen LogP contribution >= 0.6 is 23.2 Å². The highest BCUT2D eigenvalue weighted by Crippen LogP contribution is 2.54. The summed E-state index contributed by atoms with van der Waals surface area (Å²) in [6, 6.07) is 4.33. The van der Waals surface area contributed by atoms with E-state index in [0.717, 1.165) is 0 Å². The summed E-state index contributed by atoms with van der Waals surface area (Å²) in [5, 5.41) is 11.7. The molecule has 184 valence electrons. The molecule has 3 fully saturated rings. The second-order valence-corrected chi connectivity index (χ2v) is 9.37. The molecular weight excluding hydrogens is 498 g/mol. The van der Waals surface area contributed by atoms with E-state index >= 15 is 0 Å². The molecule has 1 aromatic rings. The van der Waals surface area contributed by atoms with Crippen LogP contribution in [0.3, 0.4) is 0 Å². The zero-order chi connectivity index (χ0) is 25.3. The van der Waals surface area contributed by atoms with Crippen LogP contribution in [0.25, 0.3) is 0 Å². The lowest BCUT2D eigenvalue weighted by molar-refractivity contribution is -0.156. The number of carboxylic acid groups (broad SMARTS) is 1. The highest BCUT2D eigenvalue weighted by Gasteiger charge is 2.54. The number of amides is 1. The van der Waals surface area contributed by atoms with Crippen molar-refractivity contribution in [1.29, 1.82) is 0 Å². The van der Waals surface area contributed by atoms with Crippen LogP contribution in [0.15, 0.2) is 35.0 Å². The largest absolute Gasteiger partial charge is 0.481 e. The molecule has 0 spiro atoms. The van der Waals surface area contributed by atoms with E-state index in [1.54, 1.807) is 0 Å². The van der Waals surface area contributed by atoms with E-state index in [9.17, 15) is 32.7 Å². The number of carboxylic acids is 1. The number of rotatable bonds is 7. The zero-order valence-corrected chi connectivity index (χ0v) is 19.4. The third-order valence-corrected chi connectivity index (χ3v) is 7.23. The Balaban J connectivity index is 1.81. The number of carbonyl (C=O) groups excluding carboxylic acids is 2. The topological polar surface area (TPSA) is 122 Å². The highest BCUT2D eigenvalue weighted by molar-refractivity contribution is 6.40. The predicted molar refractivity (Wildman–Crippen MR) is 120 cm³/mol. The van der Waals surface area contributed by atoms with Crippen molar-refractivity contribution in [1.82, 2.24) is 5.32 Å². The number of hydrogen-bond donors (Lipinski definition) is 3. The maximum absolute atomic E-state index is 14.0. The molecule has 0 aromatic heterocycles. The minimum Gasteiger partial charge on any atom is -0.481 e. The van der Waals surface area contributed by atoms with Crippen LogP contribution in [-0.2, 0) is 9.59 Å². The molecule has 3 aliphatic carbocycles. The molecule has 3 saturated carbocycles. The van der Waals surface area contributed by atoms with Gasteiger partial charge in [0.05, 0.1) is 38.7 Å². The number of Topliss-reactive ketones (excluding diaryl/α,β-unsaturated/α-hetero) is 1. The van der Waals surface area contributed by atoms with E-state index in [-0.39, 0.29) is 54.1 Å². The molecule has 3 aliphatic rings. The van der Waals surface area contributed by atoms with Gasteiger partial charge in [0, 0.05) is 6.20 Å². The number of nitrogens with zero attached hydrogens (tertiary/aromatic N) is 1. The number of aliphatic carboxylic acids is 1. The van der Waals surface area contributed by atoms with Gasteiger partial charge in [-0.15, -0.1) is 0 Å². The molecule has 4 N–H and O–H groups in total. The minimum absolute atomic E-state index is 0.0324. The van der Waals surface area contributed by atoms with Crippen LogP contribution < -0.4 is 11.1 Å². The van der Waals surface area contributed by atoms with E-state index in [4.69, 9.17) is 28.9 Å². The molecule has 1 aromatic carbocycles. The fourth-order valence-electron chi connectivity index (χ4n) is 4.54. The third kappa shape index (κ3) is 5.07. The molecule has 0 aliphatic heterocycles. The van der Waals surface area contributed by atoms with Gasteiger partial charge in [0.2, 0.25) is 0 Å². The van der Waals surface area contributed by atoms with E-state index in [1.807, 2.05) is 0 Å². The van der Waals surface area contributed by atoms with Gasteiger partial charge in [0.15, 0.2) is 11.5 Å². The lowest BCUT2D eigenvalue weighted by atomic mass is 9.57. The molecule has 1 amide bonds. The molecule has 7 nitrogen and oxygen atoms in total. The Labute approximate surface area is 203 Å². The zero-order valence-electron chi connectivity index (χ0n) is 17.8. The maximum atomic E-state index is 14.0. The van der Waals surface area contributed by atoms with Crippen LogP contribution in [-0.4, -0.2) is 46.7 Å². The first kappa shape index (κ1) is 26.0. The van der Waals surface area contributed by atoms with Crippen LogP contribution in [0.2, 0.25) is 10.0 Å². The molecule has 12 heteroatoms. The van der Waals surface area contributed by atoms with Crippen LogP contribution in [0.1, 0.15) is 48.9 Å². The first-order valence-corrected chi connectivity index (χ1v) is 11.2. The van der Waals surface area contributed by atoms with Gasteiger partial charge in [-0.25, -0.2) is 0 Å². The van der Waals surface area contributed by atoms with Gasteiger partial charge in [0.25, 0.3) is 5.91 Å². The van der Waals surface area contributed by atoms with Gasteiger partial charge >= 0.3 is 12.1 Å². The Morgan fingerprint density at radius 1 is 1.09 bits per heavy atom. The third-order valence-electron chi connectivity index (χ3n) is 6.60. The van der Waals surface area contributed by atoms with Crippen molar-refractivity contribution in [3.05, 3.63) is 45.6 Å². The molecule has 0 heterocycles. The van der Waals surface area contributed by atoms with E-state index in [1.165, 1.54) is 18.2 Å². The lowest BCUT2D eigenvalue weighted by Crippen LogP contribution is -2.50. The van der Waals surface area contributed by atoms with Gasteiger partial charge in [-0.3, -0.25) is 19.4 Å². The van der Waals surface area contributed by atoms with Crippen LogP contribution in [0.4, 0.5) is 13.2 Å². The van der Waals surface area contributed by atoms with Gasteiger partial charge < -0.3 is 16.2 Å². The number of aliphatic imine (C=N–C) groups is 1. The first-order chi connectivity index (χ1) is 15.8. The van der Waals surface area contributed by atoms with Gasteiger partial charge in [0.1, 0.15) is 0 Å². The average molecular weight is 520 g/mol. The van der Waals surface area contributed by atoms with Crippen molar-refractivity contribution in [2.75, 3.05) is 6.54 Å². The van der Waals surface area contributed by atoms with Crippen LogP contribution in [0, 0.1) is 5.41 Å². The molecule has 0 unspecified atom stereocenters. The summed E-state index contributed by atoms with van der Waals surface area (Å²) in [5.74, 6) is -2.89. The SMILES string of the molecule is NC=C(C(=O)NCC(=O)c1c(Cl)cccc1Cl)C(=NC12CCC(C(=O)O)(CC1)CC2)C(F)(F)F. The number of nitrogens with one attached hydrogen (secondary N) is 1. The van der Waals surface area contributed by atoms with Crippen molar-refractivity contribution in [2.45, 2.75) is 50.2 Å². The van der Waals surface area contributed by atoms with E-state index in [0.29, 0.717) is 6.20 Å². The van der Waals surface area contributed by atoms with Gasteiger partial charge in [-0.2, -0.15) is 13.2 Å². The van der Waals surface area contributed by atoms with Crippen molar-refractivity contribution in [2.24, 2.45) is 16.1 Å². The maximum Gasteiger partial charge on any atom is 0.433 e. The van der Waals surface area contributed by atoms with Crippen molar-refractivity contribution < 1.29 is 32.7 Å². The van der Waals surface area contributed by atoms with E-state index in [2.05, 4.69) is 10.3 Å². The Morgan fingerprint density at radius 3 is 2.06 bits per heavy atom. The Bertz CT molecular complexity index is 1040. The number of carbonyl (C=O) groups is 3.